The van der Waals surface area contributed by atoms with Crippen LogP contribution in [0.2, 0.25) is 0 Å². The molecule has 1 saturated heterocycles. The molecule has 102 valence electrons. The first-order chi connectivity index (χ1) is 9.15. The van der Waals surface area contributed by atoms with E-state index in [1.807, 2.05) is 0 Å². The van der Waals surface area contributed by atoms with Crippen molar-refractivity contribution in [3.63, 3.8) is 0 Å². The maximum atomic E-state index is 12.8. The van der Waals surface area contributed by atoms with Crippen molar-refractivity contribution < 1.29 is 9.18 Å². The summed E-state index contributed by atoms with van der Waals surface area (Å²) in [7, 11) is 0. The first kappa shape index (κ1) is 13.7. The SMILES string of the molecule is CC(=Cc1ccc(F)cc1)C(=O)NC1CCCNC1. The number of benzene rings is 1. The molecule has 0 aromatic heterocycles. The third-order valence-corrected chi connectivity index (χ3v) is 3.24. The molecule has 1 aromatic rings. The second-order valence-corrected chi connectivity index (χ2v) is 4.90. The summed E-state index contributed by atoms with van der Waals surface area (Å²) in [4.78, 5) is 12.0. The van der Waals surface area contributed by atoms with Gasteiger partial charge >= 0.3 is 0 Å². The van der Waals surface area contributed by atoms with Crippen LogP contribution in [0.3, 0.4) is 0 Å². The fourth-order valence-corrected chi connectivity index (χ4v) is 2.15. The van der Waals surface area contributed by atoms with E-state index in [9.17, 15) is 9.18 Å². The Kier molecular flexibility index (Phi) is 4.68. The Balaban J connectivity index is 1.95. The van der Waals surface area contributed by atoms with Gasteiger partial charge in [-0.1, -0.05) is 12.1 Å². The molecule has 0 bridgehead atoms. The van der Waals surface area contributed by atoms with Crippen LogP contribution in [0, 0.1) is 5.82 Å². The molecule has 3 nitrogen and oxygen atoms in total. The quantitative estimate of drug-likeness (QED) is 0.819. The fraction of sp³-hybridized carbons (Fsp3) is 0.400. The van der Waals surface area contributed by atoms with Crippen molar-refractivity contribution in [1.82, 2.24) is 10.6 Å². The minimum atomic E-state index is -0.271. The van der Waals surface area contributed by atoms with E-state index < -0.39 is 0 Å². The van der Waals surface area contributed by atoms with Crippen molar-refractivity contribution in [2.24, 2.45) is 0 Å². The van der Waals surface area contributed by atoms with Gasteiger partial charge in [0.05, 0.1) is 0 Å². The zero-order chi connectivity index (χ0) is 13.7. The second-order valence-electron chi connectivity index (χ2n) is 4.90. The zero-order valence-electron chi connectivity index (χ0n) is 11.1. The summed E-state index contributed by atoms with van der Waals surface area (Å²) >= 11 is 0. The first-order valence-electron chi connectivity index (χ1n) is 6.60. The Morgan fingerprint density at radius 1 is 1.42 bits per heavy atom. The zero-order valence-corrected chi connectivity index (χ0v) is 11.1. The van der Waals surface area contributed by atoms with Gasteiger partial charge in [0.1, 0.15) is 5.82 Å². The molecule has 1 heterocycles. The summed E-state index contributed by atoms with van der Waals surface area (Å²) in [5.41, 5.74) is 1.47. The number of nitrogens with one attached hydrogen (secondary N) is 2. The highest BCUT2D eigenvalue weighted by Gasteiger charge is 2.15. The van der Waals surface area contributed by atoms with Gasteiger partial charge in [-0.25, -0.2) is 4.39 Å². The van der Waals surface area contributed by atoms with Gasteiger partial charge in [-0.15, -0.1) is 0 Å². The van der Waals surface area contributed by atoms with Gasteiger partial charge in [0.2, 0.25) is 5.91 Å². The van der Waals surface area contributed by atoms with Gasteiger partial charge in [0.15, 0.2) is 0 Å². The van der Waals surface area contributed by atoms with E-state index in [1.165, 1.54) is 12.1 Å². The van der Waals surface area contributed by atoms with E-state index in [2.05, 4.69) is 10.6 Å². The lowest BCUT2D eigenvalue weighted by Crippen LogP contribution is -2.45. The number of carbonyl (C=O) groups excluding carboxylic acids is 1. The van der Waals surface area contributed by atoms with Crippen LogP contribution in [0.15, 0.2) is 29.8 Å². The molecule has 0 aliphatic carbocycles. The normalized spacial score (nSPS) is 20.1. The van der Waals surface area contributed by atoms with E-state index >= 15 is 0 Å². The first-order valence-corrected chi connectivity index (χ1v) is 6.60. The average Bonchev–Trinajstić information content (AvgIpc) is 2.42. The molecule has 19 heavy (non-hydrogen) atoms. The summed E-state index contributed by atoms with van der Waals surface area (Å²) in [6.07, 6.45) is 3.87. The summed E-state index contributed by atoms with van der Waals surface area (Å²) in [6.45, 7) is 3.63. The smallest absolute Gasteiger partial charge is 0.247 e. The van der Waals surface area contributed by atoms with Gasteiger partial charge in [0, 0.05) is 18.2 Å². The van der Waals surface area contributed by atoms with Crippen LogP contribution >= 0.6 is 0 Å². The second kappa shape index (κ2) is 6.48. The van der Waals surface area contributed by atoms with Crippen molar-refractivity contribution in [3.05, 3.63) is 41.2 Å². The molecule has 0 radical (unpaired) electrons. The lowest BCUT2D eigenvalue weighted by molar-refractivity contribution is -0.118. The van der Waals surface area contributed by atoms with Crippen molar-refractivity contribution in [1.29, 1.82) is 0 Å². The van der Waals surface area contributed by atoms with Gasteiger partial charge in [-0.3, -0.25) is 4.79 Å². The molecule has 1 unspecified atom stereocenters. The maximum absolute atomic E-state index is 12.8. The Hall–Kier alpha value is -1.68. The summed E-state index contributed by atoms with van der Waals surface area (Å²) < 4.78 is 12.8. The van der Waals surface area contributed by atoms with Gasteiger partial charge in [-0.2, -0.15) is 0 Å². The monoisotopic (exact) mass is 262 g/mol. The predicted octanol–water partition coefficient (Wildman–Crippen LogP) is 2.10. The molecular formula is C15H19FN2O. The topological polar surface area (TPSA) is 41.1 Å². The highest BCUT2D eigenvalue weighted by molar-refractivity contribution is 5.97. The largest absolute Gasteiger partial charge is 0.348 e. The molecule has 1 aliphatic rings. The van der Waals surface area contributed by atoms with E-state index in [-0.39, 0.29) is 17.8 Å². The molecule has 2 N–H and O–H groups in total. The third kappa shape index (κ3) is 4.17. The number of hydrogen-bond acceptors (Lipinski definition) is 2. The van der Waals surface area contributed by atoms with Crippen molar-refractivity contribution in [3.8, 4) is 0 Å². The molecule has 1 aliphatic heterocycles. The lowest BCUT2D eigenvalue weighted by atomic mass is 10.1. The summed E-state index contributed by atoms with van der Waals surface area (Å²) in [5, 5.41) is 6.27. The summed E-state index contributed by atoms with van der Waals surface area (Å²) in [5.74, 6) is -0.328. The van der Waals surface area contributed by atoms with Crippen LogP contribution < -0.4 is 10.6 Å². The Bertz CT molecular complexity index is 462. The van der Waals surface area contributed by atoms with Gasteiger partial charge in [0.25, 0.3) is 0 Å². The highest BCUT2D eigenvalue weighted by Crippen LogP contribution is 2.09. The van der Waals surface area contributed by atoms with Crippen molar-refractivity contribution in [2.45, 2.75) is 25.8 Å². The van der Waals surface area contributed by atoms with Crippen LogP contribution in [0.1, 0.15) is 25.3 Å². The van der Waals surface area contributed by atoms with Crippen molar-refractivity contribution >= 4 is 12.0 Å². The highest BCUT2D eigenvalue weighted by atomic mass is 19.1. The number of hydrogen-bond donors (Lipinski definition) is 2. The molecule has 1 atom stereocenters. The molecule has 1 amide bonds. The lowest BCUT2D eigenvalue weighted by Gasteiger charge is -2.23. The number of halogens is 1. The maximum Gasteiger partial charge on any atom is 0.247 e. The van der Waals surface area contributed by atoms with Crippen molar-refractivity contribution in [2.75, 3.05) is 13.1 Å². The van der Waals surface area contributed by atoms with E-state index in [1.54, 1.807) is 25.1 Å². The Labute approximate surface area is 112 Å². The van der Waals surface area contributed by atoms with Crippen LogP contribution in [0.4, 0.5) is 4.39 Å². The van der Waals surface area contributed by atoms with Crippen LogP contribution in [-0.2, 0) is 4.79 Å². The number of rotatable bonds is 3. The Morgan fingerprint density at radius 2 is 2.16 bits per heavy atom. The number of amides is 1. The molecule has 1 aromatic carbocycles. The standard InChI is InChI=1S/C15H19FN2O/c1-11(9-12-4-6-13(16)7-5-12)15(19)18-14-3-2-8-17-10-14/h4-7,9,14,17H,2-3,8,10H2,1H3,(H,18,19). The average molecular weight is 262 g/mol. The molecule has 0 spiro atoms. The molecular weight excluding hydrogens is 243 g/mol. The minimum Gasteiger partial charge on any atom is -0.348 e. The van der Waals surface area contributed by atoms with Crippen LogP contribution in [0.5, 0.6) is 0 Å². The predicted molar refractivity (Wildman–Crippen MR) is 74.1 cm³/mol. The van der Waals surface area contributed by atoms with E-state index in [0.717, 1.165) is 31.5 Å². The Morgan fingerprint density at radius 3 is 2.79 bits per heavy atom. The molecule has 4 heteroatoms. The molecule has 1 fully saturated rings. The minimum absolute atomic E-state index is 0.0574. The van der Waals surface area contributed by atoms with Crippen LogP contribution in [-0.4, -0.2) is 25.0 Å². The summed E-state index contributed by atoms with van der Waals surface area (Å²) in [6, 6.07) is 6.31. The van der Waals surface area contributed by atoms with E-state index in [0.29, 0.717) is 5.57 Å². The van der Waals surface area contributed by atoms with Gasteiger partial charge in [-0.05, 0) is 50.1 Å². The van der Waals surface area contributed by atoms with E-state index in [4.69, 9.17) is 0 Å². The number of piperidine rings is 1. The van der Waals surface area contributed by atoms with Crippen LogP contribution in [0.25, 0.3) is 6.08 Å². The molecule has 0 saturated carbocycles. The number of carbonyl (C=O) groups is 1. The third-order valence-electron chi connectivity index (χ3n) is 3.24. The fourth-order valence-electron chi connectivity index (χ4n) is 2.15. The van der Waals surface area contributed by atoms with Gasteiger partial charge < -0.3 is 10.6 Å². The molecule has 2 rings (SSSR count).